The molecule has 1 aromatic carbocycles. The van der Waals surface area contributed by atoms with E-state index in [1.807, 2.05) is 0 Å². The fraction of sp³-hybridized carbons (Fsp3) is 0.385. The lowest BCUT2D eigenvalue weighted by molar-refractivity contribution is -0.136. The summed E-state index contributed by atoms with van der Waals surface area (Å²) in [4.78, 5) is 22.2. The molecule has 0 aliphatic rings. The van der Waals surface area contributed by atoms with Gasteiger partial charge in [0.2, 0.25) is 0 Å². The lowest BCUT2D eigenvalue weighted by Crippen LogP contribution is -2.11. The number of hydrogen-bond acceptors (Lipinski definition) is 3. The number of aliphatic carboxylic acids is 1. The van der Waals surface area contributed by atoms with E-state index in [9.17, 15) is 9.59 Å². The van der Waals surface area contributed by atoms with E-state index in [-0.39, 0.29) is 12.2 Å². The van der Waals surface area contributed by atoms with Crippen LogP contribution in [0.15, 0.2) is 18.2 Å². The molecule has 0 amide bonds. The van der Waals surface area contributed by atoms with Crippen molar-refractivity contribution in [2.24, 2.45) is 0 Å². The van der Waals surface area contributed by atoms with Gasteiger partial charge in [-0.3, -0.25) is 9.59 Å². The number of hydrogen-bond donors (Lipinski definition) is 1. The third kappa shape index (κ3) is 3.47. The first-order valence-corrected chi connectivity index (χ1v) is 6.01. The van der Waals surface area contributed by atoms with Gasteiger partial charge in [-0.2, -0.15) is 0 Å². The van der Waals surface area contributed by atoms with Crippen molar-refractivity contribution in [3.63, 3.8) is 0 Å². The number of benzene rings is 1. The van der Waals surface area contributed by atoms with Crippen LogP contribution in [0.3, 0.4) is 0 Å². The minimum atomic E-state index is -0.990. The second-order valence-electron chi connectivity index (χ2n) is 3.80. The molecule has 0 fully saturated rings. The Hall–Kier alpha value is -1.55. The lowest BCUT2D eigenvalue weighted by Gasteiger charge is -2.15. The first-order chi connectivity index (χ1) is 8.47. The van der Waals surface area contributed by atoms with Gasteiger partial charge in [0.05, 0.1) is 13.0 Å². The Labute approximate surface area is 111 Å². The molecule has 1 N–H and O–H groups in total. The molecule has 0 heterocycles. The SMILES string of the molecule is CCOc1cccc(C(Cl)C(C)=O)c1CC(=O)O. The number of Topliss-reactive ketones (excluding diaryl/α,β-unsaturated/α-hetero) is 1. The second kappa shape index (κ2) is 6.40. The number of ether oxygens (including phenoxy) is 1. The van der Waals surface area contributed by atoms with E-state index in [1.54, 1.807) is 25.1 Å². The molecule has 1 atom stereocenters. The Morgan fingerprint density at radius 2 is 2.11 bits per heavy atom. The van der Waals surface area contributed by atoms with Crippen molar-refractivity contribution in [1.29, 1.82) is 0 Å². The molecule has 0 saturated heterocycles. The van der Waals surface area contributed by atoms with Crippen molar-refractivity contribution >= 4 is 23.4 Å². The minimum absolute atomic E-state index is 0.220. The fourth-order valence-electron chi connectivity index (χ4n) is 1.67. The summed E-state index contributed by atoms with van der Waals surface area (Å²) in [5, 5.41) is 8.07. The maximum Gasteiger partial charge on any atom is 0.307 e. The topological polar surface area (TPSA) is 63.6 Å². The highest BCUT2D eigenvalue weighted by molar-refractivity contribution is 6.31. The zero-order valence-electron chi connectivity index (χ0n) is 10.3. The van der Waals surface area contributed by atoms with Crippen LogP contribution in [0, 0.1) is 0 Å². The number of halogens is 1. The van der Waals surface area contributed by atoms with Gasteiger partial charge in [-0.05, 0) is 25.5 Å². The van der Waals surface area contributed by atoms with Gasteiger partial charge >= 0.3 is 5.97 Å². The van der Waals surface area contributed by atoms with E-state index in [4.69, 9.17) is 21.4 Å². The van der Waals surface area contributed by atoms with Crippen LogP contribution in [0.5, 0.6) is 5.75 Å². The van der Waals surface area contributed by atoms with Gasteiger partial charge in [-0.15, -0.1) is 11.6 Å². The van der Waals surface area contributed by atoms with E-state index < -0.39 is 11.3 Å². The summed E-state index contributed by atoms with van der Waals surface area (Å²) in [6.45, 7) is 3.60. The summed E-state index contributed by atoms with van der Waals surface area (Å²) in [5.74, 6) is -0.753. The molecule has 0 bridgehead atoms. The van der Waals surface area contributed by atoms with E-state index in [1.165, 1.54) is 6.92 Å². The standard InChI is InChI=1S/C13H15ClO4/c1-3-18-11-6-4-5-9(13(14)8(2)15)10(11)7-12(16)17/h4-6,13H,3,7H2,1-2H3,(H,16,17). The summed E-state index contributed by atoms with van der Waals surface area (Å²) < 4.78 is 5.38. The zero-order valence-corrected chi connectivity index (χ0v) is 11.0. The summed E-state index contributed by atoms with van der Waals surface area (Å²) in [5.41, 5.74) is 0.958. The molecule has 0 spiro atoms. The third-order valence-corrected chi connectivity index (χ3v) is 2.97. The number of ketones is 1. The van der Waals surface area contributed by atoms with Crippen molar-refractivity contribution in [3.8, 4) is 5.75 Å². The molecule has 4 nitrogen and oxygen atoms in total. The summed E-state index contributed by atoms with van der Waals surface area (Å²) in [6, 6.07) is 5.03. The third-order valence-electron chi connectivity index (χ3n) is 2.43. The van der Waals surface area contributed by atoms with Crippen molar-refractivity contribution in [1.82, 2.24) is 0 Å². The van der Waals surface area contributed by atoms with Crippen molar-refractivity contribution in [2.75, 3.05) is 6.61 Å². The number of rotatable bonds is 6. The van der Waals surface area contributed by atoms with Gasteiger partial charge in [0.1, 0.15) is 11.1 Å². The molecule has 0 aromatic heterocycles. The zero-order chi connectivity index (χ0) is 13.7. The molecule has 1 unspecified atom stereocenters. The largest absolute Gasteiger partial charge is 0.494 e. The molecular weight excluding hydrogens is 256 g/mol. The van der Waals surface area contributed by atoms with Gasteiger partial charge in [-0.25, -0.2) is 0 Å². The lowest BCUT2D eigenvalue weighted by atomic mass is 9.99. The van der Waals surface area contributed by atoms with Gasteiger partial charge in [0, 0.05) is 5.56 Å². The molecular formula is C13H15ClO4. The van der Waals surface area contributed by atoms with Crippen LogP contribution in [0.4, 0.5) is 0 Å². The molecule has 1 aromatic rings. The van der Waals surface area contributed by atoms with Crippen LogP contribution >= 0.6 is 11.6 Å². The van der Waals surface area contributed by atoms with Crippen molar-refractivity contribution in [3.05, 3.63) is 29.3 Å². The number of carbonyl (C=O) groups is 2. The van der Waals surface area contributed by atoms with E-state index >= 15 is 0 Å². The van der Waals surface area contributed by atoms with Gasteiger partial charge in [0.15, 0.2) is 5.78 Å². The van der Waals surface area contributed by atoms with Crippen LogP contribution in [0.1, 0.15) is 30.4 Å². The van der Waals surface area contributed by atoms with Gasteiger partial charge in [-0.1, -0.05) is 12.1 Å². The summed E-state index contributed by atoms with van der Waals surface area (Å²) >= 11 is 6.00. The Morgan fingerprint density at radius 3 is 2.61 bits per heavy atom. The maximum atomic E-state index is 11.3. The van der Waals surface area contributed by atoms with E-state index in [0.717, 1.165) is 0 Å². The Balaban J connectivity index is 3.26. The van der Waals surface area contributed by atoms with Crippen LogP contribution < -0.4 is 4.74 Å². The summed E-state index contributed by atoms with van der Waals surface area (Å²) in [6.07, 6.45) is -0.220. The molecule has 98 valence electrons. The van der Waals surface area contributed by atoms with Crippen molar-refractivity contribution < 1.29 is 19.4 Å². The van der Waals surface area contributed by atoms with Gasteiger partial charge < -0.3 is 9.84 Å². The minimum Gasteiger partial charge on any atom is -0.494 e. The molecule has 0 aliphatic heterocycles. The molecule has 18 heavy (non-hydrogen) atoms. The monoisotopic (exact) mass is 270 g/mol. The Bertz CT molecular complexity index is 456. The molecule has 0 radical (unpaired) electrons. The van der Waals surface area contributed by atoms with Crippen LogP contribution in [-0.4, -0.2) is 23.5 Å². The van der Waals surface area contributed by atoms with Crippen molar-refractivity contribution in [2.45, 2.75) is 25.6 Å². The first-order valence-electron chi connectivity index (χ1n) is 5.58. The average molecular weight is 271 g/mol. The van der Waals surface area contributed by atoms with Crippen LogP contribution in [-0.2, 0) is 16.0 Å². The summed E-state index contributed by atoms with van der Waals surface area (Å²) in [7, 11) is 0. The van der Waals surface area contributed by atoms with Crippen LogP contribution in [0.2, 0.25) is 0 Å². The normalized spacial score (nSPS) is 11.9. The van der Waals surface area contributed by atoms with E-state index in [2.05, 4.69) is 0 Å². The average Bonchev–Trinajstić information content (AvgIpc) is 2.30. The maximum absolute atomic E-state index is 11.3. The highest BCUT2D eigenvalue weighted by Crippen LogP contribution is 2.31. The van der Waals surface area contributed by atoms with Gasteiger partial charge in [0.25, 0.3) is 0 Å². The number of carbonyl (C=O) groups excluding carboxylic acids is 1. The highest BCUT2D eigenvalue weighted by Gasteiger charge is 2.21. The number of alkyl halides is 1. The van der Waals surface area contributed by atoms with E-state index in [0.29, 0.717) is 23.5 Å². The molecule has 0 saturated carbocycles. The fourth-order valence-corrected chi connectivity index (χ4v) is 1.87. The molecule has 0 aliphatic carbocycles. The Kier molecular flexibility index (Phi) is 5.16. The highest BCUT2D eigenvalue weighted by atomic mass is 35.5. The number of carboxylic acid groups (broad SMARTS) is 1. The number of carboxylic acids is 1. The Morgan fingerprint density at radius 1 is 1.44 bits per heavy atom. The second-order valence-corrected chi connectivity index (χ2v) is 4.24. The molecule has 5 heteroatoms. The van der Waals surface area contributed by atoms with Crippen LogP contribution in [0.25, 0.3) is 0 Å². The predicted molar refractivity (Wildman–Crippen MR) is 68.2 cm³/mol. The quantitative estimate of drug-likeness (QED) is 0.807. The first kappa shape index (κ1) is 14.5. The smallest absolute Gasteiger partial charge is 0.307 e. The predicted octanol–water partition coefficient (Wildman–Crippen LogP) is 2.58. The molecule has 1 rings (SSSR count).